The maximum atomic E-state index is 12.6. The number of carbonyl (C=O) groups excluding carboxylic acids is 1. The number of carbonyl (C=O) groups is 1. The van der Waals surface area contributed by atoms with Gasteiger partial charge < -0.3 is 14.8 Å². The fourth-order valence-electron chi connectivity index (χ4n) is 3.92. The van der Waals surface area contributed by atoms with E-state index in [1.807, 2.05) is 31.2 Å². The van der Waals surface area contributed by atoms with Crippen molar-refractivity contribution in [2.75, 3.05) is 19.0 Å². The molecule has 0 radical (unpaired) electrons. The molecule has 0 bridgehead atoms. The SMILES string of the molecule is CCCOc1ccc([C@H]2CC(=O)Nc3c2cnn3-c2ccc3nnc(C)n3n2)cc1OC. The minimum atomic E-state index is -0.165. The van der Waals surface area contributed by atoms with E-state index < -0.39 is 0 Å². The van der Waals surface area contributed by atoms with Crippen molar-refractivity contribution in [2.24, 2.45) is 0 Å². The maximum Gasteiger partial charge on any atom is 0.226 e. The van der Waals surface area contributed by atoms with Crippen LogP contribution >= 0.6 is 0 Å². The molecule has 0 unspecified atom stereocenters. The van der Waals surface area contributed by atoms with Crippen molar-refractivity contribution in [1.82, 2.24) is 29.6 Å². The fraction of sp³-hybridized carbons (Fsp3) is 0.318. The quantitative estimate of drug-likeness (QED) is 0.498. The smallest absolute Gasteiger partial charge is 0.226 e. The number of methoxy groups -OCH3 is 1. The third-order valence-electron chi connectivity index (χ3n) is 5.49. The molecule has 5 rings (SSSR count). The van der Waals surface area contributed by atoms with E-state index in [2.05, 4.69) is 32.6 Å². The molecule has 1 atom stereocenters. The third-order valence-corrected chi connectivity index (χ3v) is 5.49. The molecule has 0 aliphatic carbocycles. The van der Waals surface area contributed by atoms with Gasteiger partial charge in [-0.05, 0) is 43.2 Å². The molecule has 4 aromatic rings. The highest BCUT2D eigenvalue weighted by atomic mass is 16.5. The van der Waals surface area contributed by atoms with Crippen molar-refractivity contribution in [3.63, 3.8) is 0 Å². The van der Waals surface area contributed by atoms with Gasteiger partial charge in [0.1, 0.15) is 5.82 Å². The summed E-state index contributed by atoms with van der Waals surface area (Å²) in [6, 6.07) is 9.42. The minimum Gasteiger partial charge on any atom is -0.493 e. The number of nitrogens with zero attached hydrogens (tertiary/aromatic N) is 6. The topological polar surface area (TPSA) is 108 Å². The highest BCUT2D eigenvalue weighted by Crippen LogP contribution is 2.40. The van der Waals surface area contributed by atoms with Gasteiger partial charge in [-0.2, -0.15) is 14.3 Å². The van der Waals surface area contributed by atoms with Gasteiger partial charge >= 0.3 is 0 Å². The van der Waals surface area contributed by atoms with Gasteiger partial charge in [0.15, 0.2) is 28.8 Å². The molecule has 164 valence electrons. The molecule has 0 spiro atoms. The Morgan fingerprint density at radius 2 is 2.06 bits per heavy atom. The fourth-order valence-corrected chi connectivity index (χ4v) is 3.92. The normalized spacial score (nSPS) is 15.5. The average Bonchev–Trinajstić information content (AvgIpc) is 3.40. The van der Waals surface area contributed by atoms with Crippen molar-refractivity contribution in [3.05, 3.63) is 53.5 Å². The summed E-state index contributed by atoms with van der Waals surface area (Å²) in [5.41, 5.74) is 2.52. The van der Waals surface area contributed by atoms with Crippen molar-refractivity contribution in [2.45, 2.75) is 32.6 Å². The van der Waals surface area contributed by atoms with Gasteiger partial charge in [0.25, 0.3) is 0 Å². The van der Waals surface area contributed by atoms with Crippen LogP contribution in [0, 0.1) is 6.92 Å². The lowest BCUT2D eigenvalue weighted by Gasteiger charge is -2.24. The first kappa shape index (κ1) is 20.0. The van der Waals surface area contributed by atoms with Crippen LogP contribution < -0.4 is 14.8 Å². The molecule has 1 aromatic carbocycles. The Morgan fingerprint density at radius 1 is 1.19 bits per heavy atom. The lowest BCUT2D eigenvalue weighted by molar-refractivity contribution is -0.116. The Hall–Kier alpha value is -3.95. The Morgan fingerprint density at radius 3 is 2.88 bits per heavy atom. The predicted molar refractivity (Wildman–Crippen MR) is 117 cm³/mol. The molecule has 10 heteroatoms. The molecule has 3 aromatic heterocycles. The molecule has 0 saturated heterocycles. The number of anilines is 1. The summed E-state index contributed by atoms with van der Waals surface area (Å²) in [6.45, 7) is 4.49. The zero-order valence-corrected chi connectivity index (χ0v) is 18.1. The maximum absolute atomic E-state index is 12.6. The molecule has 1 N–H and O–H groups in total. The van der Waals surface area contributed by atoms with Crippen LogP contribution in [0.25, 0.3) is 11.5 Å². The van der Waals surface area contributed by atoms with Gasteiger partial charge in [-0.1, -0.05) is 13.0 Å². The number of rotatable bonds is 6. The van der Waals surface area contributed by atoms with E-state index in [9.17, 15) is 4.79 Å². The number of ether oxygens (including phenoxy) is 2. The Balaban J connectivity index is 1.55. The second-order valence-corrected chi connectivity index (χ2v) is 7.63. The van der Waals surface area contributed by atoms with Crippen molar-refractivity contribution in [3.8, 4) is 17.3 Å². The summed E-state index contributed by atoms with van der Waals surface area (Å²) in [6.07, 6.45) is 3.00. The zero-order chi connectivity index (χ0) is 22.2. The van der Waals surface area contributed by atoms with Crippen molar-refractivity contribution >= 4 is 17.4 Å². The lowest BCUT2D eigenvalue weighted by atomic mass is 9.87. The summed E-state index contributed by atoms with van der Waals surface area (Å²) in [4.78, 5) is 12.6. The van der Waals surface area contributed by atoms with E-state index in [1.54, 1.807) is 28.6 Å². The molecular formula is C22H23N7O3. The van der Waals surface area contributed by atoms with Crippen molar-refractivity contribution < 1.29 is 14.3 Å². The first-order chi connectivity index (χ1) is 15.6. The van der Waals surface area contributed by atoms with Gasteiger partial charge in [-0.15, -0.1) is 15.3 Å². The van der Waals surface area contributed by atoms with E-state index in [1.165, 1.54) is 0 Å². The lowest BCUT2D eigenvalue weighted by Crippen LogP contribution is -2.25. The molecule has 1 amide bonds. The molecule has 4 heterocycles. The molecule has 0 saturated carbocycles. The average molecular weight is 433 g/mol. The monoisotopic (exact) mass is 433 g/mol. The van der Waals surface area contributed by atoms with E-state index in [4.69, 9.17) is 9.47 Å². The van der Waals surface area contributed by atoms with Crippen molar-refractivity contribution in [1.29, 1.82) is 0 Å². The zero-order valence-electron chi connectivity index (χ0n) is 18.1. The van der Waals surface area contributed by atoms with E-state index in [0.717, 1.165) is 17.5 Å². The third kappa shape index (κ3) is 3.33. The number of hydrogen-bond acceptors (Lipinski definition) is 7. The molecule has 32 heavy (non-hydrogen) atoms. The van der Waals surface area contributed by atoms with Gasteiger partial charge in [0.05, 0.1) is 19.9 Å². The van der Waals surface area contributed by atoms with E-state index in [0.29, 0.717) is 47.6 Å². The number of hydrogen-bond donors (Lipinski definition) is 1. The summed E-state index contributed by atoms with van der Waals surface area (Å²) in [5.74, 6) is 2.92. The van der Waals surface area contributed by atoms with Crippen LogP contribution in [0.1, 0.15) is 42.6 Å². The second-order valence-electron chi connectivity index (χ2n) is 7.63. The number of fused-ring (bicyclic) bond motifs is 2. The Kier molecular flexibility index (Phi) is 4.96. The molecular weight excluding hydrogens is 410 g/mol. The first-order valence-corrected chi connectivity index (χ1v) is 10.5. The van der Waals surface area contributed by atoms with Gasteiger partial charge in [0, 0.05) is 17.9 Å². The van der Waals surface area contributed by atoms with Gasteiger partial charge in [-0.3, -0.25) is 4.79 Å². The molecule has 0 fully saturated rings. The summed E-state index contributed by atoms with van der Waals surface area (Å²) < 4.78 is 14.6. The van der Waals surface area contributed by atoms with Crippen LogP contribution in [0.2, 0.25) is 0 Å². The van der Waals surface area contributed by atoms with Crippen LogP contribution in [0.4, 0.5) is 5.82 Å². The van der Waals surface area contributed by atoms with Crippen LogP contribution in [0.15, 0.2) is 36.5 Å². The number of aryl methyl sites for hydroxylation is 1. The van der Waals surface area contributed by atoms with Crippen LogP contribution in [-0.4, -0.2) is 49.2 Å². The van der Waals surface area contributed by atoms with Crippen LogP contribution in [-0.2, 0) is 4.79 Å². The summed E-state index contributed by atoms with van der Waals surface area (Å²) >= 11 is 0. The van der Waals surface area contributed by atoms with Crippen LogP contribution in [0.3, 0.4) is 0 Å². The number of aromatic nitrogens is 6. The van der Waals surface area contributed by atoms with Gasteiger partial charge in [0.2, 0.25) is 5.91 Å². The van der Waals surface area contributed by atoms with E-state index in [-0.39, 0.29) is 11.8 Å². The minimum absolute atomic E-state index is 0.0870. The number of amides is 1. The molecule has 10 nitrogen and oxygen atoms in total. The largest absolute Gasteiger partial charge is 0.493 e. The standard InChI is InChI=1S/C22H23N7O3/c1-4-9-32-17-6-5-14(10-18(17)31-3)15-11-21(30)24-22-16(15)12-23-29(22)20-8-7-19-26-25-13(2)28(19)27-20/h5-8,10,12,15H,4,9,11H2,1-3H3,(H,24,30)/t15-/m1/s1. The highest BCUT2D eigenvalue weighted by molar-refractivity contribution is 5.94. The second kappa shape index (κ2) is 7.95. The Bertz CT molecular complexity index is 1310. The molecule has 1 aliphatic heterocycles. The molecule has 1 aliphatic rings. The number of benzene rings is 1. The summed E-state index contributed by atoms with van der Waals surface area (Å²) in [5, 5.41) is 20.2. The highest BCUT2D eigenvalue weighted by Gasteiger charge is 2.31. The van der Waals surface area contributed by atoms with Crippen LogP contribution in [0.5, 0.6) is 11.5 Å². The van der Waals surface area contributed by atoms with Gasteiger partial charge in [-0.25, -0.2) is 0 Å². The van der Waals surface area contributed by atoms with E-state index >= 15 is 0 Å². The number of nitrogens with one attached hydrogen (secondary N) is 1. The first-order valence-electron chi connectivity index (χ1n) is 10.5. The predicted octanol–water partition coefficient (Wildman–Crippen LogP) is 2.89. The Labute approximate surface area is 184 Å². The summed E-state index contributed by atoms with van der Waals surface area (Å²) in [7, 11) is 1.61.